The van der Waals surface area contributed by atoms with E-state index in [1.807, 2.05) is 84.9 Å². The molecular formula is C31H26ClNO6S. The number of carbonyl (C=O) groups is 2. The zero-order valence-electron chi connectivity index (χ0n) is 21.5. The number of rotatable bonds is 6. The van der Waals surface area contributed by atoms with E-state index in [9.17, 15) is 14.7 Å². The Balaban J connectivity index is 0.00000118. The van der Waals surface area contributed by atoms with Crippen molar-refractivity contribution in [3.63, 3.8) is 0 Å². The SMILES string of the molecule is COc1ccccc1-c1ccc(C(=O)N2[C@H](C(=O)O)C[C@H](c3ccccc3)[C@@H]2c2ccccc2Cl)cc1.O=S=O. The van der Waals surface area contributed by atoms with Gasteiger partial charge in [0.1, 0.15) is 11.8 Å². The molecule has 5 rings (SSSR count). The van der Waals surface area contributed by atoms with E-state index in [-0.39, 0.29) is 11.8 Å². The molecule has 7 nitrogen and oxygen atoms in total. The summed E-state index contributed by atoms with van der Waals surface area (Å²) in [5.41, 5.74) is 3.93. The van der Waals surface area contributed by atoms with Crippen LogP contribution in [-0.4, -0.2) is 43.5 Å². The summed E-state index contributed by atoms with van der Waals surface area (Å²) in [7, 11) is 1.62. The molecule has 0 radical (unpaired) electrons. The van der Waals surface area contributed by atoms with Crippen LogP contribution in [0, 0.1) is 0 Å². The molecule has 1 amide bonds. The van der Waals surface area contributed by atoms with Crippen molar-refractivity contribution in [2.24, 2.45) is 0 Å². The van der Waals surface area contributed by atoms with Crippen molar-refractivity contribution in [3.05, 3.63) is 125 Å². The highest BCUT2D eigenvalue weighted by atomic mass is 35.5. The Kier molecular flexibility index (Phi) is 9.47. The van der Waals surface area contributed by atoms with Crippen LogP contribution in [0.2, 0.25) is 5.02 Å². The standard InChI is InChI=1S/C31H26ClNO4.O2S/c1-37-28-14-8-6-11-23(28)21-15-17-22(18-16-21)30(34)33-27(31(35)36)19-25(20-9-3-2-4-10-20)29(33)24-12-5-7-13-26(24)32;1-3-2/h2-18,25,27,29H,19H2,1H3,(H,35,36);/t25-,27+,29+;/m1./s1. The summed E-state index contributed by atoms with van der Waals surface area (Å²) < 4.78 is 22.1. The van der Waals surface area contributed by atoms with Crippen LogP contribution in [0.25, 0.3) is 11.1 Å². The number of ether oxygens (including phenoxy) is 1. The molecule has 0 bridgehead atoms. The van der Waals surface area contributed by atoms with E-state index in [1.54, 1.807) is 25.3 Å². The van der Waals surface area contributed by atoms with Gasteiger partial charge in [-0.05, 0) is 47.4 Å². The van der Waals surface area contributed by atoms with Gasteiger partial charge in [0.2, 0.25) is 0 Å². The van der Waals surface area contributed by atoms with E-state index in [1.165, 1.54) is 4.90 Å². The minimum absolute atomic E-state index is 0.223. The quantitative estimate of drug-likeness (QED) is 0.295. The summed E-state index contributed by atoms with van der Waals surface area (Å²) in [5.74, 6) is -0.868. The van der Waals surface area contributed by atoms with Crippen molar-refractivity contribution in [2.45, 2.75) is 24.4 Å². The van der Waals surface area contributed by atoms with Crippen LogP contribution >= 0.6 is 11.6 Å². The molecule has 204 valence electrons. The average molecular weight is 576 g/mol. The second kappa shape index (κ2) is 13.2. The number of para-hydroxylation sites is 1. The highest BCUT2D eigenvalue weighted by Crippen LogP contribution is 2.49. The van der Waals surface area contributed by atoms with Gasteiger partial charge in [-0.15, -0.1) is 0 Å². The van der Waals surface area contributed by atoms with Crippen molar-refractivity contribution in [1.29, 1.82) is 0 Å². The molecule has 0 unspecified atom stereocenters. The highest BCUT2D eigenvalue weighted by Gasteiger charge is 2.49. The third-order valence-corrected chi connectivity index (χ3v) is 7.36. The lowest BCUT2D eigenvalue weighted by Gasteiger charge is -2.31. The summed E-state index contributed by atoms with van der Waals surface area (Å²) in [5, 5.41) is 10.7. The van der Waals surface area contributed by atoms with Crippen LogP contribution in [0.1, 0.15) is 39.9 Å². The van der Waals surface area contributed by atoms with Crippen molar-refractivity contribution in [1.82, 2.24) is 4.90 Å². The van der Waals surface area contributed by atoms with Gasteiger partial charge in [0.25, 0.3) is 5.91 Å². The zero-order chi connectivity index (χ0) is 28.6. The molecule has 9 heteroatoms. The van der Waals surface area contributed by atoms with Crippen LogP contribution in [-0.2, 0) is 16.4 Å². The van der Waals surface area contributed by atoms with Crippen LogP contribution in [0.15, 0.2) is 103 Å². The first-order valence-electron chi connectivity index (χ1n) is 12.4. The maximum absolute atomic E-state index is 14.0. The normalized spacial score (nSPS) is 17.9. The Morgan fingerprint density at radius 2 is 1.48 bits per heavy atom. The minimum atomic E-state index is -1.03. The molecule has 1 heterocycles. The van der Waals surface area contributed by atoms with Gasteiger partial charge in [0.05, 0.1) is 13.2 Å². The van der Waals surface area contributed by atoms with Gasteiger partial charge in [0, 0.05) is 22.1 Å². The third-order valence-electron chi connectivity index (χ3n) is 7.01. The summed E-state index contributed by atoms with van der Waals surface area (Å²) >= 11 is 5.87. The highest BCUT2D eigenvalue weighted by molar-refractivity contribution is 7.51. The third kappa shape index (κ3) is 5.98. The number of likely N-dealkylation sites (tertiary alicyclic amines) is 1. The van der Waals surface area contributed by atoms with E-state index in [0.717, 1.165) is 28.0 Å². The number of carbonyl (C=O) groups excluding carboxylic acids is 1. The van der Waals surface area contributed by atoms with E-state index >= 15 is 0 Å². The molecule has 3 atom stereocenters. The predicted molar refractivity (Wildman–Crippen MR) is 153 cm³/mol. The second-order valence-corrected chi connectivity index (χ2v) is 9.67. The number of amides is 1. The molecule has 4 aromatic rings. The van der Waals surface area contributed by atoms with Crippen LogP contribution < -0.4 is 4.74 Å². The maximum atomic E-state index is 14.0. The number of carboxylic acids is 1. The number of aliphatic carboxylic acids is 1. The van der Waals surface area contributed by atoms with Crippen molar-refractivity contribution < 1.29 is 27.9 Å². The smallest absolute Gasteiger partial charge is 0.335 e. The number of hydrogen-bond acceptors (Lipinski definition) is 5. The van der Waals surface area contributed by atoms with Gasteiger partial charge in [0.15, 0.2) is 0 Å². The topological polar surface area (TPSA) is 101 Å². The van der Waals surface area contributed by atoms with Crippen LogP contribution in [0.5, 0.6) is 5.75 Å². The predicted octanol–water partition coefficient (Wildman–Crippen LogP) is 6.17. The number of methoxy groups -OCH3 is 1. The fourth-order valence-electron chi connectivity index (χ4n) is 5.28. The maximum Gasteiger partial charge on any atom is 0.335 e. The molecule has 4 aromatic carbocycles. The van der Waals surface area contributed by atoms with E-state index < -0.39 is 29.6 Å². The molecule has 0 saturated carbocycles. The molecule has 1 saturated heterocycles. The molecular weight excluding hydrogens is 550 g/mol. The van der Waals surface area contributed by atoms with E-state index in [4.69, 9.17) is 24.8 Å². The van der Waals surface area contributed by atoms with E-state index in [2.05, 4.69) is 0 Å². The second-order valence-electron chi connectivity index (χ2n) is 9.13. The Morgan fingerprint density at radius 1 is 0.875 bits per heavy atom. The number of carboxylic acid groups (broad SMARTS) is 1. The van der Waals surface area contributed by atoms with Gasteiger partial charge >= 0.3 is 17.5 Å². The largest absolute Gasteiger partial charge is 0.496 e. The lowest BCUT2D eigenvalue weighted by Crippen LogP contribution is -2.42. The molecule has 1 aliphatic heterocycles. The van der Waals surface area contributed by atoms with Gasteiger partial charge in [-0.1, -0.05) is 90.5 Å². The first kappa shape index (κ1) is 28.7. The number of halogens is 1. The number of benzene rings is 4. The molecule has 1 N–H and O–H groups in total. The molecule has 1 aliphatic rings. The average Bonchev–Trinajstić information content (AvgIpc) is 3.39. The summed E-state index contributed by atoms with van der Waals surface area (Å²) in [6, 6.07) is 30.4. The molecule has 0 spiro atoms. The first-order chi connectivity index (χ1) is 19.4. The lowest BCUT2D eigenvalue weighted by atomic mass is 9.87. The van der Waals surface area contributed by atoms with Crippen LogP contribution in [0.3, 0.4) is 0 Å². The van der Waals surface area contributed by atoms with E-state index in [0.29, 0.717) is 17.0 Å². The monoisotopic (exact) mass is 575 g/mol. The van der Waals surface area contributed by atoms with Gasteiger partial charge in [-0.3, -0.25) is 4.79 Å². The molecule has 0 aromatic heterocycles. The van der Waals surface area contributed by atoms with Gasteiger partial charge < -0.3 is 14.7 Å². The lowest BCUT2D eigenvalue weighted by molar-refractivity contribution is -0.141. The molecule has 0 aliphatic carbocycles. The molecule has 40 heavy (non-hydrogen) atoms. The Hall–Kier alpha value is -4.27. The summed E-state index contributed by atoms with van der Waals surface area (Å²) in [6.07, 6.45) is 0.292. The Morgan fingerprint density at radius 3 is 2.10 bits per heavy atom. The summed E-state index contributed by atoms with van der Waals surface area (Å²) in [6.45, 7) is 0. The number of hydrogen-bond donors (Lipinski definition) is 1. The van der Waals surface area contributed by atoms with Crippen molar-refractivity contribution in [2.75, 3.05) is 7.11 Å². The van der Waals surface area contributed by atoms with Gasteiger partial charge in [-0.25, -0.2) is 4.79 Å². The summed E-state index contributed by atoms with van der Waals surface area (Å²) in [4.78, 5) is 28.0. The minimum Gasteiger partial charge on any atom is -0.496 e. The Labute approximate surface area is 240 Å². The Bertz CT molecular complexity index is 1520. The molecule has 1 fully saturated rings. The zero-order valence-corrected chi connectivity index (χ0v) is 23.0. The number of nitrogens with zero attached hydrogens (tertiary/aromatic N) is 1. The fourth-order valence-corrected chi connectivity index (χ4v) is 5.53. The van der Waals surface area contributed by atoms with Crippen molar-refractivity contribution >= 4 is 35.0 Å². The first-order valence-corrected chi connectivity index (χ1v) is 13.5. The van der Waals surface area contributed by atoms with Crippen molar-refractivity contribution in [3.8, 4) is 16.9 Å². The van der Waals surface area contributed by atoms with Crippen LogP contribution in [0.4, 0.5) is 0 Å². The fraction of sp³-hybridized carbons (Fsp3) is 0.161. The van der Waals surface area contributed by atoms with Gasteiger partial charge in [-0.2, -0.15) is 8.42 Å².